The van der Waals surface area contributed by atoms with Crippen molar-refractivity contribution in [1.29, 1.82) is 0 Å². The molecule has 1 aromatic carbocycles. The van der Waals surface area contributed by atoms with Crippen molar-refractivity contribution in [2.75, 3.05) is 19.8 Å². The number of rotatable bonds is 3. The predicted octanol–water partition coefficient (Wildman–Crippen LogP) is 2.25. The molecule has 0 aliphatic carbocycles. The number of ether oxygens (including phenoxy) is 2. The summed E-state index contributed by atoms with van der Waals surface area (Å²) < 4.78 is 24.2. The molecule has 0 bridgehead atoms. The third-order valence-corrected chi connectivity index (χ3v) is 4.07. The van der Waals surface area contributed by atoms with E-state index in [0.29, 0.717) is 6.04 Å². The lowest BCUT2D eigenvalue weighted by atomic mass is 9.89. The van der Waals surface area contributed by atoms with Crippen LogP contribution in [0.5, 0.6) is 0 Å². The molecule has 0 radical (unpaired) electrons. The second kappa shape index (κ2) is 5.57. The van der Waals surface area contributed by atoms with Gasteiger partial charge in [0.05, 0.1) is 12.2 Å². The summed E-state index contributed by atoms with van der Waals surface area (Å²) in [5.41, 5.74) is 1.06. The van der Waals surface area contributed by atoms with Gasteiger partial charge in [0.1, 0.15) is 5.82 Å². The summed E-state index contributed by atoms with van der Waals surface area (Å²) in [6.07, 6.45) is 3.04. The zero-order valence-corrected chi connectivity index (χ0v) is 11.0. The Hall–Kier alpha value is -0.970. The largest absolute Gasteiger partial charge is 0.378 e. The molecule has 3 rings (SSSR count). The number of hydrogen-bond acceptors (Lipinski definition) is 3. The standard InChI is InChI=1S/C15H20FNO2/c16-13-3-1-12(2-4-13)10-17-14-5-7-19-15(9-14)6-8-18-11-15/h1-4,14,17H,5-11H2. The van der Waals surface area contributed by atoms with Crippen LogP contribution in [0, 0.1) is 5.82 Å². The van der Waals surface area contributed by atoms with Crippen LogP contribution in [0.3, 0.4) is 0 Å². The summed E-state index contributed by atoms with van der Waals surface area (Å²) in [6, 6.07) is 7.13. The Labute approximate surface area is 113 Å². The van der Waals surface area contributed by atoms with E-state index in [9.17, 15) is 4.39 Å². The Balaban J connectivity index is 1.53. The normalized spacial score (nSPS) is 30.9. The third-order valence-electron chi connectivity index (χ3n) is 4.07. The molecule has 1 N–H and O–H groups in total. The van der Waals surface area contributed by atoms with E-state index >= 15 is 0 Å². The highest BCUT2D eigenvalue weighted by Gasteiger charge is 2.40. The first-order chi connectivity index (χ1) is 9.26. The fraction of sp³-hybridized carbons (Fsp3) is 0.600. The molecule has 1 spiro atoms. The van der Waals surface area contributed by atoms with Gasteiger partial charge >= 0.3 is 0 Å². The number of benzene rings is 1. The molecule has 104 valence electrons. The number of hydrogen-bond donors (Lipinski definition) is 1. The summed E-state index contributed by atoms with van der Waals surface area (Å²) in [5.74, 6) is -0.183. The van der Waals surface area contributed by atoms with Gasteiger partial charge in [0.25, 0.3) is 0 Å². The fourth-order valence-corrected chi connectivity index (χ4v) is 2.93. The topological polar surface area (TPSA) is 30.5 Å². The maximum Gasteiger partial charge on any atom is 0.123 e. The van der Waals surface area contributed by atoms with E-state index in [1.807, 2.05) is 12.1 Å². The monoisotopic (exact) mass is 265 g/mol. The zero-order valence-electron chi connectivity index (χ0n) is 11.0. The van der Waals surface area contributed by atoms with Crippen molar-refractivity contribution in [3.8, 4) is 0 Å². The van der Waals surface area contributed by atoms with Gasteiger partial charge in [-0.1, -0.05) is 12.1 Å². The molecule has 2 fully saturated rings. The van der Waals surface area contributed by atoms with Gasteiger partial charge < -0.3 is 14.8 Å². The Morgan fingerprint density at radius 1 is 1.26 bits per heavy atom. The minimum atomic E-state index is -0.183. The van der Waals surface area contributed by atoms with Gasteiger partial charge in [-0.25, -0.2) is 4.39 Å². The Morgan fingerprint density at radius 3 is 2.84 bits per heavy atom. The van der Waals surface area contributed by atoms with E-state index in [1.54, 1.807) is 0 Å². The average Bonchev–Trinajstić information content (AvgIpc) is 2.86. The lowest BCUT2D eigenvalue weighted by Gasteiger charge is -2.37. The van der Waals surface area contributed by atoms with Gasteiger partial charge in [0, 0.05) is 32.2 Å². The van der Waals surface area contributed by atoms with Crippen LogP contribution in [0.25, 0.3) is 0 Å². The van der Waals surface area contributed by atoms with Gasteiger partial charge in [0.15, 0.2) is 0 Å². The van der Waals surface area contributed by atoms with Gasteiger partial charge in [-0.2, -0.15) is 0 Å². The van der Waals surface area contributed by atoms with E-state index in [0.717, 1.165) is 51.2 Å². The van der Waals surface area contributed by atoms with Crippen LogP contribution < -0.4 is 5.32 Å². The van der Waals surface area contributed by atoms with Crippen LogP contribution in [0.1, 0.15) is 24.8 Å². The molecule has 0 saturated carbocycles. The van der Waals surface area contributed by atoms with Crippen LogP contribution in [0.2, 0.25) is 0 Å². The van der Waals surface area contributed by atoms with Crippen LogP contribution in [0.15, 0.2) is 24.3 Å². The van der Waals surface area contributed by atoms with Gasteiger partial charge in [-0.15, -0.1) is 0 Å². The molecule has 4 heteroatoms. The van der Waals surface area contributed by atoms with Crippen LogP contribution >= 0.6 is 0 Å². The lowest BCUT2D eigenvalue weighted by molar-refractivity contribution is -0.0894. The summed E-state index contributed by atoms with van der Waals surface area (Å²) in [5, 5.41) is 3.55. The summed E-state index contributed by atoms with van der Waals surface area (Å²) >= 11 is 0. The minimum absolute atomic E-state index is 0.0568. The Kier molecular flexibility index (Phi) is 3.82. The van der Waals surface area contributed by atoms with Crippen molar-refractivity contribution >= 4 is 0 Å². The first-order valence-electron chi connectivity index (χ1n) is 6.95. The molecular formula is C15H20FNO2. The lowest BCUT2D eigenvalue weighted by Crippen LogP contribution is -2.47. The predicted molar refractivity (Wildman–Crippen MR) is 70.4 cm³/mol. The van der Waals surface area contributed by atoms with Gasteiger partial charge in [-0.05, 0) is 30.5 Å². The van der Waals surface area contributed by atoms with Crippen molar-refractivity contribution in [2.45, 2.75) is 37.5 Å². The van der Waals surface area contributed by atoms with E-state index in [4.69, 9.17) is 9.47 Å². The Morgan fingerprint density at radius 2 is 2.11 bits per heavy atom. The highest BCUT2D eigenvalue weighted by atomic mass is 19.1. The summed E-state index contributed by atoms with van der Waals surface area (Å²) in [7, 11) is 0. The highest BCUT2D eigenvalue weighted by Crippen LogP contribution is 2.32. The molecule has 2 unspecified atom stereocenters. The van der Waals surface area contributed by atoms with E-state index < -0.39 is 0 Å². The molecular weight excluding hydrogens is 245 g/mol. The number of halogens is 1. The average molecular weight is 265 g/mol. The molecule has 0 amide bonds. The SMILES string of the molecule is Fc1ccc(CNC2CCOC3(CCOC3)C2)cc1. The second-order valence-corrected chi connectivity index (χ2v) is 5.53. The minimum Gasteiger partial charge on any atom is -0.378 e. The maximum absolute atomic E-state index is 12.8. The smallest absolute Gasteiger partial charge is 0.123 e. The van der Waals surface area contributed by atoms with Crippen LogP contribution in [-0.2, 0) is 16.0 Å². The Bertz CT molecular complexity index is 415. The first kappa shape index (κ1) is 13.0. The second-order valence-electron chi connectivity index (χ2n) is 5.53. The van der Waals surface area contributed by atoms with Crippen molar-refractivity contribution < 1.29 is 13.9 Å². The van der Waals surface area contributed by atoms with Crippen molar-refractivity contribution in [3.63, 3.8) is 0 Å². The van der Waals surface area contributed by atoms with Crippen molar-refractivity contribution in [3.05, 3.63) is 35.6 Å². The van der Waals surface area contributed by atoms with Gasteiger partial charge in [0.2, 0.25) is 0 Å². The van der Waals surface area contributed by atoms with Crippen LogP contribution in [0.4, 0.5) is 4.39 Å². The van der Waals surface area contributed by atoms with Crippen molar-refractivity contribution in [2.24, 2.45) is 0 Å². The first-order valence-corrected chi connectivity index (χ1v) is 6.95. The van der Waals surface area contributed by atoms with E-state index in [1.165, 1.54) is 12.1 Å². The fourth-order valence-electron chi connectivity index (χ4n) is 2.93. The van der Waals surface area contributed by atoms with Crippen molar-refractivity contribution in [1.82, 2.24) is 5.32 Å². The molecule has 2 saturated heterocycles. The molecule has 2 aliphatic heterocycles. The van der Waals surface area contributed by atoms with Gasteiger partial charge in [-0.3, -0.25) is 0 Å². The van der Waals surface area contributed by atoms with Crippen LogP contribution in [-0.4, -0.2) is 31.5 Å². The molecule has 1 aromatic rings. The molecule has 3 nitrogen and oxygen atoms in total. The molecule has 2 aliphatic rings. The quantitative estimate of drug-likeness (QED) is 0.909. The van der Waals surface area contributed by atoms with E-state index in [-0.39, 0.29) is 11.4 Å². The molecule has 2 heterocycles. The number of nitrogens with one attached hydrogen (secondary N) is 1. The summed E-state index contributed by atoms with van der Waals surface area (Å²) in [4.78, 5) is 0. The summed E-state index contributed by atoms with van der Waals surface area (Å²) in [6.45, 7) is 3.11. The third kappa shape index (κ3) is 3.14. The molecule has 0 aromatic heterocycles. The zero-order chi connectivity index (χ0) is 13.1. The maximum atomic E-state index is 12.8. The van der Waals surface area contributed by atoms with E-state index in [2.05, 4.69) is 5.32 Å². The molecule has 2 atom stereocenters. The molecule has 19 heavy (non-hydrogen) atoms. The highest BCUT2D eigenvalue weighted by molar-refractivity contribution is 5.15.